The Hall–Kier alpha value is -2.23. The number of carbonyl (C=O) groups is 2. The van der Waals surface area contributed by atoms with E-state index in [4.69, 9.17) is 0 Å². The molecule has 0 aliphatic carbocycles. The van der Waals surface area contributed by atoms with Crippen molar-refractivity contribution in [2.75, 3.05) is 20.1 Å². The lowest BCUT2D eigenvalue weighted by molar-refractivity contribution is -0.251. The summed E-state index contributed by atoms with van der Waals surface area (Å²) in [6.07, 6.45) is -4.97. The van der Waals surface area contributed by atoms with Crippen LogP contribution in [0.25, 0.3) is 0 Å². The minimum Gasteiger partial charge on any atom is -0.373 e. The fraction of sp³-hybridized carbons (Fsp3) is 0.556. The molecule has 0 spiro atoms. The second kappa shape index (κ2) is 7.65. The zero-order valence-electron chi connectivity index (χ0n) is 15.6. The van der Waals surface area contributed by atoms with E-state index in [9.17, 15) is 36.6 Å². The third-order valence-corrected chi connectivity index (χ3v) is 5.09. The van der Waals surface area contributed by atoms with Gasteiger partial charge in [0.25, 0.3) is 11.8 Å². The number of amides is 2. The van der Waals surface area contributed by atoms with E-state index in [-0.39, 0.29) is 25.1 Å². The fourth-order valence-corrected chi connectivity index (χ4v) is 3.33. The van der Waals surface area contributed by atoms with Gasteiger partial charge in [0.1, 0.15) is 11.6 Å². The number of benzene rings is 1. The topological polar surface area (TPSA) is 60.9 Å². The molecule has 2 rings (SSSR count). The number of nitrogens with zero attached hydrogens (tertiary/aromatic N) is 2. The summed E-state index contributed by atoms with van der Waals surface area (Å²) in [5.74, 6) is -4.42. The maximum atomic E-state index is 13.9. The third kappa shape index (κ3) is 4.11. The molecule has 1 aromatic rings. The molecule has 1 aliphatic rings. The Morgan fingerprint density at radius 2 is 1.86 bits per heavy atom. The molecule has 3 atom stereocenters. The van der Waals surface area contributed by atoms with Crippen molar-refractivity contribution in [3.63, 3.8) is 0 Å². The Kier molecular flexibility index (Phi) is 6.03. The molecule has 0 radical (unpaired) electrons. The first-order valence-corrected chi connectivity index (χ1v) is 8.58. The molecule has 2 amide bonds. The lowest BCUT2D eigenvalue weighted by Gasteiger charge is -2.43. The van der Waals surface area contributed by atoms with Crippen molar-refractivity contribution in [2.45, 2.75) is 38.1 Å². The van der Waals surface area contributed by atoms with Crippen LogP contribution < -0.4 is 0 Å². The summed E-state index contributed by atoms with van der Waals surface area (Å²) in [5, 5.41) is 9.57. The molecular weight excluding hydrogens is 387 g/mol. The number of carbonyl (C=O) groups excluding carboxylic acids is 2. The first-order chi connectivity index (χ1) is 12.8. The summed E-state index contributed by atoms with van der Waals surface area (Å²) in [5.41, 5.74) is -3.83. The lowest BCUT2D eigenvalue weighted by atomic mass is 9.90. The monoisotopic (exact) mass is 408 g/mol. The summed E-state index contributed by atoms with van der Waals surface area (Å²) in [4.78, 5) is 26.8. The van der Waals surface area contributed by atoms with Crippen LogP contribution in [0, 0.1) is 17.6 Å². The quantitative estimate of drug-likeness (QED) is 0.783. The number of hydrogen-bond acceptors (Lipinski definition) is 3. The van der Waals surface area contributed by atoms with Gasteiger partial charge in [0.15, 0.2) is 0 Å². The highest BCUT2D eigenvalue weighted by Gasteiger charge is 2.57. The molecule has 1 fully saturated rings. The average Bonchev–Trinajstić information content (AvgIpc) is 2.58. The molecule has 5 nitrogen and oxygen atoms in total. The van der Waals surface area contributed by atoms with Crippen molar-refractivity contribution in [3.8, 4) is 0 Å². The van der Waals surface area contributed by atoms with Gasteiger partial charge in [0.2, 0.25) is 5.60 Å². The van der Waals surface area contributed by atoms with Crippen LogP contribution in [-0.4, -0.2) is 64.7 Å². The Balaban J connectivity index is 2.11. The van der Waals surface area contributed by atoms with E-state index in [2.05, 4.69) is 0 Å². The van der Waals surface area contributed by atoms with Crippen LogP contribution in [-0.2, 0) is 4.79 Å². The molecule has 156 valence electrons. The van der Waals surface area contributed by atoms with Gasteiger partial charge in [0.05, 0.1) is 5.56 Å². The van der Waals surface area contributed by atoms with E-state index in [0.717, 1.165) is 17.0 Å². The van der Waals surface area contributed by atoms with E-state index in [0.29, 0.717) is 13.0 Å². The van der Waals surface area contributed by atoms with Crippen molar-refractivity contribution >= 4 is 11.8 Å². The summed E-state index contributed by atoms with van der Waals surface area (Å²) >= 11 is 0. The molecule has 1 heterocycles. The van der Waals surface area contributed by atoms with Crippen molar-refractivity contribution in [1.29, 1.82) is 0 Å². The van der Waals surface area contributed by atoms with E-state index >= 15 is 0 Å². The molecular formula is C18H21F5N2O3. The van der Waals surface area contributed by atoms with Gasteiger partial charge >= 0.3 is 6.18 Å². The van der Waals surface area contributed by atoms with E-state index in [1.807, 2.05) is 0 Å². The fourth-order valence-electron chi connectivity index (χ4n) is 3.33. The number of halogens is 5. The Labute approximate surface area is 158 Å². The van der Waals surface area contributed by atoms with Crippen LogP contribution in [0.5, 0.6) is 0 Å². The summed E-state index contributed by atoms with van der Waals surface area (Å²) in [7, 11) is 1.41. The normalized spacial score (nSPS) is 22.5. The average molecular weight is 408 g/mol. The van der Waals surface area contributed by atoms with Crippen molar-refractivity contribution in [2.24, 2.45) is 5.92 Å². The second-order valence-electron chi connectivity index (χ2n) is 7.19. The molecule has 0 aromatic heterocycles. The third-order valence-electron chi connectivity index (χ3n) is 5.09. The van der Waals surface area contributed by atoms with Gasteiger partial charge in [-0.2, -0.15) is 13.2 Å². The summed E-state index contributed by atoms with van der Waals surface area (Å²) in [6, 6.07) is 2.09. The van der Waals surface area contributed by atoms with Crippen LogP contribution in [0.15, 0.2) is 18.2 Å². The Morgan fingerprint density at radius 3 is 2.36 bits per heavy atom. The molecule has 1 saturated heterocycles. The smallest absolute Gasteiger partial charge is 0.373 e. The van der Waals surface area contributed by atoms with Crippen molar-refractivity contribution < 1.29 is 36.6 Å². The van der Waals surface area contributed by atoms with Gasteiger partial charge in [-0.25, -0.2) is 8.78 Å². The van der Waals surface area contributed by atoms with E-state index < -0.39 is 47.2 Å². The maximum absolute atomic E-state index is 13.9. The molecule has 1 N–H and O–H groups in total. The molecule has 1 aliphatic heterocycles. The van der Waals surface area contributed by atoms with Gasteiger partial charge in [0, 0.05) is 32.2 Å². The lowest BCUT2D eigenvalue weighted by Crippen LogP contribution is -2.60. The van der Waals surface area contributed by atoms with Crippen molar-refractivity contribution in [1.82, 2.24) is 9.80 Å². The molecule has 0 saturated carbocycles. The number of aliphatic hydroxyl groups is 1. The molecule has 2 unspecified atom stereocenters. The minimum atomic E-state index is -5.11. The van der Waals surface area contributed by atoms with Gasteiger partial charge < -0.3 is 14.9 Å². The van der Waals surface area contributed by atoms with Crippen LogP contribution in [0.2, 0.25) is 0 Å². The van der Waals surface area contributed by atoms with Crippen LogP contribution >= 0.6 is 0 Å². The van der Waals surface area contributed by atoms with Gasteiger partial charge in [-0.15, -0.1) is 0 Å². The summed E-state index contributed by atoms with van der Waals surface area (Å²) < 4.78 is 65.6. The Morgan fingerprint density at radius 1 is 1.25 bits per heavy atom. The van der Waals surface area contributed by atoms with Crippen LogP contribution in [0.1, 0.15) is 30.6 Å². The molecule has 28 heavy (non-hydrogen) atoms. The van der Waals surface area contributed by atoms with Gasteiger partial charge in [-0.05, 0) is 31.4 Å². The number of rotatable bonds is 3. The predicted molar refractivity (Wildman–Crippen MR) is 89.3 cm³/mol. The van der Waals surface area contributed by atoms with E-state index in [1.165, 1.54) is 11.9 Å². The molecule has 1 aromatic carbocycles. The van der Waals surface area contributed by atoms with E-state index in [1.54, 1.807) is 6.92 Å². The SMILES string of the molecule is CC1CN(C(=O)[C@@](C)(O)C(F)(F)F)CCC1N(C)C(=O)c1ccc(F)cc1F. The van der Waals surface area contributed by atoms with Gasteiger partial charge in [-0.3, -0.25) is 9.59 Å². The molecule has 0 bridgehead atoms. The standard InChI is InChI=1S/C18H21F5N2O3/c1-10-9-25(16(27)17(2,28)18(21,22)23)7-6-14(10)24(3)15(26)12-5-4-11(19)8-13(12)20/h4-5,8,10,14,28H,6-7,9H2,1-3H3/t10?,14?,17-/m1/s1. The predicted octanol–water partition coefficient (Wildman–Crippen LogP) is 2.59. The zero-order chi connectivity index (χ0) is 21.4. The Bertz CT molecular complexity index is 766. The largest absolute Gasteiger partial charge is 0.426 e. The highest BCUT2D eigenvalue weighted by molar-refractivity contribution is 5.94. The second-order valence-corrected chi connectivity index (χ2v) is 7.19. The first kappa shape index (κ1) is 22.1. The van der Waals surface area contributed by atoms with Crippen LogP contribution in [0.4, 0.5) is 22.0 Å². The minimum absolute atomic E-state index is 0.108. The highest BCUT2D eigenvalue weighted by atomic mass is 19.4. The highest BCUT2D eigenvalue weighted by Crippen LogP contribution is 2.33. The van der Waals surface area contributed by atoms with Gasteiger partial charge in [-0.1, -0.05) is 6.92 Å². The van der Waals surface area contributed by atoms with Crippen LogP contribution in [0.3, 0.4) is 0 Å². The number of hydrogen-bond donors (Lipinski definition) is 1. The number of likely N-dealkylation sites (tertiary alicyclic amines) is 1. The zero-order valence-corrected chi connectivity index (χ0v) is 15.6. The number of alkyl halides is 3. The first-order valence-electron chi connectivity index (χ1n) is 8.58. The maximum Gasteiger partial charge on any atom is 0.426 e. The van der Waals surface area contributed by atoms with Crippen molar-refractivity contribution in [3.05, 3.63) is 35.4 Å². The number of piperidine rings is 1. The molecule has 10 heteroatoms. The summed E-state index contributed by atoms with van der Waals surface area (Å²) in [6.45, 7) is 1.82.